The van der Waals surface area contributed by atoms with Crippen molar-refractivity contribution < 1.29 is 14.4 Å². The molecule has 0 unspecified atom stereocenters. The lowest BCUT2D eigenvalue weighted by Gasteiger charge is -2.13. The van der Waals surface area contributed by atoms with Gasteiger partial charge in [0.1, 0.15) is 6.61 Å². The van der Waals surface area contributed by atoms with Gasteiger partial charge in [-0.3, -0.25) is 10.1 Å². The van der Waals surface area contributed by atoms with Crippen molar-refractivity contribution in [3.05, 3.63) is 97.5 Å². The molecule has 7 heteroatoms. The van der Waals surface area contributed by atoms with Crippen LogP contribution in [0.3, 0.4) is 0 Å². The molecule has 3 aromatic rings. The molecule has 156 valence electrons. The molecule has 0 amide bonds. The highest BCUT2D eigenvalue weighted by atomic mass is 79.9. The van der Waals surface area contributed by atoms with E-state index in [9.17, 15) is 15.4 Å². The minimum absolute atomic E-state index is 0.00914. The number of hydrogen-bond donors (Lipinski definition) is 0. The van der Waals surface area contributed by atoms with Crippen LogP contribution >= 0.6 is 15.9 Å². The van der Waals surface area contributed by atoms with Crippen LogP contribution in [0.4, 0.5) is 5.69 Å². The van der Waals surface area contributed by atoms with E-state index in [0.717, 1.165) is 21.2 Å². The molecule has 3 rings (SSSR count). The first-order valence-electron chi connectivity index (χ1n) is 9.33. The standard InChI is InChI=1S/C24H19BrN2O4/c1-16-6-8-18(9-7-16)20(14-26)11-19-12-23(30-2)24(13-22(19)25)31-15-17-4-3-5-21(10-17)27(28)29/h3-13H,15H2,1-2H3/b20-11-. The molecule has 0 fully saturated rings. The summed E-state index contributed by atoms with van der Waals surface area (Å²) in [7, 11) is 1.53. The summed E-state index contributed by atoms with van der Waals surface area (Å²) in [4.78, 5) is 10.5. The monoisotopic (exact) mass is 478 g/mol. The maximum Gasteiger partial charge on any atom is 0.269 e. The Hall–Kier alpha value is -3.63. The SMILES string of the molecule is COc1cc(/C=C(/C#N)c2ccc(C)cc2)c(Br)cc1OCc1cccc([N+](=O)[O-])c1. The third kappa shape index (κ3) is 5.50. The molecule has 0 saturated carbocycles. The van der Waals surface area contributed by atoms with Gasteiger partial charge < -0.3 is 9.47 Å². The number of benzene rings is 3. The fraction of sp³-hybridized carbons (Fsp3) is 0.125. The first kappa shape index (κ1) is 22.1. The molecule has 3 aromatic carbocycles. The summed E-state index contributed by atoms with van der Waals surface area (Å²) in [6.45, 7) is 2.14. The van der Waals surface area contributed by atoms with Gasteiger partial charge in [0.2, 0.25) is 0 Å². The zero-order chi connectivity index (χ0) is 22.4. The fourth-order valence-corrected chi connectivity index (χ4v) is 3.36. The van der Waals surface area contributed by atoms with Crippen LogP contribution in [0.1, 0.15) is 22.3 Å². The van der Waals surface area contributed by atoms with Crippen molar-refractivity contribution in [1.82, 2.24) is 0 Å². The molecular formula is C24H19BrN2O4. The number of ether oxygens (including phenoxy) is 2. The third-order valence-corrected chi connectivity index (χ3v) is 5.27. The number of non-ortho nitro benzene ring substituents is 1. The Balaban J connectivity index is 1.87. The number of allylic oxidation sites excluding steroid dienone is 1. The number of rotatable bonds is 7. The van der Waals surface area contributed by atoms with Crippen LogP contribution in [0.15, 0.2) is 65.1 Å². The van der Waals surface area contributed by atoms with Gasteiger partial charge in [-0.05, 0) is 41.8 Å². The zero-order valence-electron chi connectivity index (χ0n) is 17.0. The highest BCUT2D eigenvalue weighted by Gasteiger charge is 2.12. The molecule has 0 radical (unpaired) electrons. The number of aryl methyl sites for hydroxylation is 1. The first-order valence-corrected chi connectivity index (χ1v) is 10.1. The van der Waals surface area contributed by atoms with Crippen LogP contribution in [0.5, 0.6) is 11.5 Å². The molecule has 6 nitrogen and oxygen atoms in total. The summed E-state index contributed by atoms with van der Waals surface area (Å²) in [5, 5.41) is 20.6. The van der Waals surface area contributed by atoms with Gasteiger partial charge in [0, 0.05) is 16.6 Å². The molecular weight excluding hydrogens is 460 g/mol. The molecule has 0 heterocycles. The maximum atomic E-state index is 11.0. The van der Waals surface area contributed by atoms with E-state index in [0.29, 0.717) is 22.6 Å². The Morgan fingerprint density at radius 1 is 1.16 bits per heavy atom. The second-order valence-electron chi connectivity index (χ2n) is 6.78. The van der Waals surface area contributed by atoms with E-state index < -0.39 is 4.92 Å². The van der Waals surface area contributed by atoms with Crippen molar-refractivity contribution >= 4 is 33.3 Å². The molecule has 0 aromatic heterocycles. The van der Waals surface area contributed by atoms with Gasteiger partial charge in [-0.15, -0.1) is 0 Å². The van der Waals surface area contributed by atoms with Crippen LogP contribution in [-0.2, 0) is 6.61 Å². The molecule has 0 N–H and O–H groups in total. The normalized spacial score (nSPS) is 11.0. The highest BCUT2D eigenvalue weighted by Crippen LogP contribution is 2.36. The van der Waals surface area contributed by atoms with Gasteiger partial charge >= 0.3 is 0 Å². The number of halogens is 1. The van der Waals surface area contributed by atoms with Crippen molar-refractivity contribution in [2.75, 3.05) is 7.11 Å². The highest BCUT2D eigenvalue weighted by molar-refractivity contribution is 9.10. The molecule has 0 spiro atoms. The predicted molar refractivity (Wildman–Crippen MR) is 123 cm³/mol. The number of nitrogens with zero attached hydrogens (tertiary/aromatic N) is 2. The van der Waals surface area contributed by atoms with E-state index in [-0.39, 0.29) is 12.3 Å². The minimum atomic E-state index is -0.442. The quantitative estimate of drug-likeness (QED) is 0.171. The number of hydrogen-bond acceptors (Lipinski definition) is 5. The smallest absolute Gasteiger partial charge is 0.269 e. The first-order chi connectivity index (χ1) is 14.9. The largest absolute Gasteiger partial charge is 0.493 e. The van der Waals surface area contributed by atoms with E-state index in [1.807, 2.05) is 31.2 Å². The second-order valence-corrected chi connectivity index (χ2v) is 7.63. The van der Waals surface area contributed by atoms with E-state index in [4.69, 9.17) is 9.47 Å². The molecule has 0 aliphatic heterocycles. The van der Waals surface area contributed by atoms with Crippen molar-refractivity contribution in [1.29, 1.82) is 5.26 Å². The van der Waals surface area contributed by atoms with E-state index in [2.05, 4.69) is 22.0 Å². The minimum Gasteiger partial charge on any atom is -0.493 e. The van der Waals surface area contributed by atoms with E-state index in [1.165, 1.54) is 19.2 Å². The number of nitriles is 1. The van der Waals surface area contributed by atoms with Gasteiger partial charge in [-0.2, -0.15) is 5.26 Å². The summed E-state index contributed by atoms with van der Waals surface area (Å²) in [6, 6.07) is 19.8. The lowest BCUT2D eigenvalue weighted by atomic mass is 10.0. The zero-order valence-corrected chi connectivity index (χ0v) is 18.5. The fourth-order valence-electron chi connectivity index (χ4n) is 2.92. The average molecular weight is 479 g/mol. The van der Waals surface area contributed by atoms with Crippen LogP contribution in [0.25, 0.3) is 11.6 Å². The Morgan fingerprint density at radius 3 is 2.55 bits per heavy atom. The molecule has 0 aliphatic rings. The number of nitro benzene ring substituents is 1. The summed E-state index contributed by atoms with van der Waals surface area (Å²) in [5.41, 5.74) is 3.90. The summed E-state index contributed by atoms with van der Waals surface area (Å²) in [6.07, 6.45) is 1.78. The van der Waals surface area contributed by atoms with Gasteiger partial charge in [0.05, 0.1) is 23.7 Å². The topological polar surface area (TPSA) is 85.4 Å². The van der Waals surface area contributed by atoms with Crippen molar-refractivity contribution in [2.45, 2.75) is 13.5 Å². The van der Waals surface area contributed by atoms with Gasteiger partial charge in [-0.1, -0.05) is 57.9 Å². The molecule has 0 saturated heterocycles. The van der Waals surface area contributed by atoms with Crippen molar-refractivity contribution in [2.24, 2.45) is 0 Å². The number of methoxy groups -OCH3 is 1. The van der Waals surface area contributed by atoms with E-state index in [1.54, 1.807) is 30.3 Å². The van der Waals surface area contributed by atoms with Crippen LogP contribution in [0.2, 0.25) is 0 Å². The van der Waals surface area contributed by atoms with Gasteiger partial charge in [0.15, 0.2) is 11.5 Å². The van der Waals surface area contributed by atoms with Crippen LogP contribution in [-0.4, -0.2) is 12.0 Å². The average Bonchev–Trinajstić information content (AvgIpc) is 2.78. The molecule has 31 heavy (non-hydrogen) atoms. The summed E-state index contributed by atoms with van der Waals surface area (Å²) in [5.74, 6) is 0.966. The lowest BCUT2D eigenvalue weighted by Crippen LogP contribution is -1.99. The molecule has 0 aliphatic carbocycles. The summed E-state index contributed by atoms with van der Waals surface area (Å²) < 4.78 is 12.0. The lowest BCUT2D eigenvalue weighted by molar-refractivity contribution is -0.384. The molecule has 0 atom stereocenters. The Kier molecular flexibility index (Phi) is 7.06. The predicted octanol–water partition coefficient (Wildman–Crippen LogP) is 6.32. The van der Waals surface area contributed by atoms with Crippen molar-refractivity contribution in [3.8, 4) is 17.6 Å². The van der Waals surface area contributed by atoms with Gasteiger partial charge in [-0.25, -0.2) is 0 Å². The van der Waals surface area contributed by atoms with Crippen LogP contribution < -0.4 is 9.47 Å². The Labute approximate surface area is 188 Å². The molecule has 0 bridgehead atoms. The van der Waals surface area contributed by atoms with E-state index >= 15 is 0 Å². The second kappa shape index (κ2) is 9.92. The third-order valence-electron chi connectivity index (χ3n) is 4.58. The Morgan fingerprint density at radius 2 is 1.90 bits per heavy atom. The summed E-state index contributed by atoms with van der Waals surface area (Å²) >= 11 is 3.53. The maximum absolute atomic E-state index is 11.0. The number of nitro groups is 1. The Bertz CT molecular complexity index is 1180. The van der Waals surface area contributed by atoms with Crippen molar-refractivity contribution in [3.63, 3.8) is 0 Å². The van der Waals surface area contributed by atoms with Gasteiger partial charge in [0.25, 0.3) is 5.69 Å². The van der Waals surface area contributed by atoms with Crippen LogP contribution in [0, 0.1) is 28.4 Å².